The molecule has 0 saturated heterocycles. The van der Waals surface area contributed by atoms with E-state index in [1.54, 1.807) is 11.3 Å². The number of hydrogen-bond donors (Lipinski definition) is 0. The average molecular weight is 342 g/mol. The van der Waals surface area contributed by atoms with Gasteiger partial charge in [0.05, 0.1) is 11.4 Å². The van der Waals surface area contributed by atoms with Crippen LogP contribution in [0.4, 0.5) is 5.69 Å². The Morgan fingerprint density at radius 3 is 2.08 bits per heavy atom. The van der Waals surface area contributed by atoms with Crippen molar-refractivity contribution in [2.45, 2.75) is 6.92 Å². The van der Waals surface area contributed by atoms with Gasteiger partial charge in [-0.1, -0.05) is 66.2 Å². The molecule has 0 saturated carbocycles. The van der Waals surface area contributed by atoms with Crippen molar-refractivity contribution in [1.82, 2.24) is 4.57 Å². The maximum Gasteiger partial charge on any atom is 0.195 e. The van der Waals surface area contributed by atoms with Crippen LogP contribution >= 0.6 is 11.3 Å². The van der Waals surface area contributed by atoms with Crippen molar-refractivity contribution in [1.29, 1.82) is 0 Å². The van der Waals surface area contributed by atoms with Crippen molar-refractivity contribution in [2.24, 2.45) is 4.99 Å². The highest BCUT2D eigenvalue weighted by Gasteiger charge is 2.09. The first-order chi connectivity index (χ1) is 12.3. The minimum atomic E-state index is 0.967. The molecule has 0 bridgehead atoms. The Balaban J connectivity index is 1.94. The number of hydrogen-bond acceptors (Lipinski definition) is 2. The zero-order valence-electron chi connectivity index (χ0n) is 14.0. The summed E-state index contributed by atoms with van der Waals surface area (Å²) in [5.74, 6) is 0. The molecular formula is C22H18N2S. The maximum absolute atomic E-state index is 4.89. The lowest BCUT2D eigenvalue weighted by Crippen LogP contribution is -2.13. The molecule has 1 heterocycles. The second-order valence-electron chi connectivity index (χ2n) is 5.89. The fraction of sp³-hybridized carbons (Fsp3) is 0.0455. The molecule has 4 rings (SSSR count). The molecule has 4 aromatic rings. The Kier molecular flexibility index (Phi) is 4.32. The summed E-state index contributed by atoms with van der Waals surface area (Å²) in [4.78, 5) is 5.85. The van der Waals surface area contributed by atoms with Crippen molar-refractivity contribution in [3.05, 3.63) is 101 Å². The van der Waals surface area contributed by atoms with Gasteiger partial charge in [0.2, 0.25) is 0 Å². The van der Waals surface area contributed by atoms with Crippen LogP contribution in [0, 0.1) is 6.92 Å². The second kappa shape index (κ2) is 6.91. The van der Waals surface area contributed by atoms with Crippen LogP contribution in [0.25, 0.3) is 16.9 Å². The molecule has 3 aromatic carbocycles. The first kappa shape index (κ1) is 15.6. The normalized spacial score (nSPS) is 11.6. The third-order valence-corrected chi connectivity index (χ3v) is 4.88. The van der Waals surface area contributed by atoms with E-state index in [0.29, 0.717) is 0 Å². The van der Waals surface area contributed by atoms with Crippen LogP contribution in [0.3, 0.4) is 0 Å². The lowest BCUT2D eigenvalue weighted by Gasteiger charge is -2.09. The van der Waals surface area contributed by atoms with E-state index >= 15 is 0 Å². The van der Waals surface area contributed by atoms with Crippen LogP contribution in [0.2, 0.25) is 0 Å². The highest BCUT2D eigenvalue weighted by atomic mass is 32.1. The van der Waals surface area contributed by atoms with Gasteiger partial charge in [-0.3, -0.25) is 4.57 Å². The first-order valence-electron chi connectivity index (χ1n) is 8.24. The van der Waals surface area contributed by atoms with Crippen LogP contribution in [0.5, 0.6) is 0 Å². The molecular weight excluding hydrogens is 324 g/mol. The number of benzene rings is 3. The number of rotatable bonds is 3. The monoisotopic (exact) mass is 342 g/mol. The quantitative estimate of drug-likeness (QED) is 0.451. The third-order valence-electron chi connectivity index (χ3n) is 4.05. The molecule has 0 aliphatic carbocycles. The molecule has 0 unspecified atom stereocenters. The van der Waals surface area contributed by atoms with E-state index in [-0.39, 0.29) is 0 Å². The van der Waals surface area contributed by atoms with E-state index in [4.69, 9.17) is 4.99 Å². The van der Waals surface area contributed by atoms with Gasteiger partial charge in [0.25, 0.3) is 0 Å². The molecule has 0 aliphatic rings. The molecule has 0 atom stereocenters. The Labute approximate surface area is 151 Å². The van der Waals surface area contributed by atoms with Gasteiger partial charge in [-0.05, 0) is 36.8 Å². The van der Waals surface area contributed by atoms with Crippen molar-refractivity contribution >= 4 is 17.0 Å². The van der Waals surface area contributed by atoms with Gasteiger partial charge in [0.15, 0.2) is 4.80 Å². The lowest BCUT2D eigenvalue weighted by atomic mass is 10.1. The largest absolute Gasteiger partial charge is 0.285 e. The van der Waals surface area contributed by atoms with Gasteiger partial charge in [0, 0.05) is 11.1 Å². The Hall–Kier alpha value is -2.91. The van der Waals surface area contributed by atoms with Gasteiger partial charge in [0.1, 0.15) is 0 Å². The number of thiazole rings is 1. The Bertz CT molecular complexity index is 1030. The summed E-state index contributed by atoms with van der Waals surface area (Å²) in [6.45, 7) is 2.09. The van der Waals surface area contributed by atoms with Crippen molar-refractivity contribution in [2.75, 3.05) is 0 Å². The standard InChI is InChI=1S/C22H18N2S/c1-17-12-14-19(15-13-17)23-22-24(20-10-6-3-7-11-20)21(16-25-22)18-8-4-2-5-9-18/h2-16H,1H3. The number of nitrogens with zero attached hydrogens (tertiary/aromatic N) is 2. The van der Waals surface area contributed by atoms with E-state index in [0.717, 1.165) is 21.9 Å². The van der Waals surface area contributed by atoms with E-state index in [1.807, 2.05) is 12.1 Å². The fourth-order valence-electron chi connectivity index (χ4n) is 2.76. The van der Waals surface area contributed by atoms with Crippen molar-refractivity contribution in [3.8, 4) is 16.9 Å². The molecule has 0 fully saturated rings. The van der Waals surface area contributed by atoms with E-state index in [2.05, 4.69) is 89.7 Å². The minimum absolute atomic E-state index is 0.967. The van der Waals surface area contributed by atoms with Gasteiger partial charge < -0.3 is 0 Å². The SMILES string of the molecule is Cc1ccc(N=c2scc(-c3ccccc3)n2-c2ccccc2)cc1. The van der Waals surface area contributed by atoms with Crippen LogP contribution in [-0.4, -0.2) is 4.57 Å². The summed E-state index contributed by atoms with van der Waals surface area (Å²) in [5, 5.41) is 2.18. The van der Waals surface area contributed by atoms with E-state index < -0.39 is 0 Å². The van der Waals surface area contributed by atoms with E-state index in [9.17, 15) is 0 Å². The summed E-state index contributed by atoms with van der Waals surface area (Å²) in [7, 11) is 0. The number of aromatic nitrogens is 1. The van der Waals surface area contributed by atoms with Gasteiger partial charge >= 0.3 is 0 Å². The van der Waals surface area contributed by atoms with Crippen LogP contribution in [0.1, 0.15) is 5.56 Å². The molecule has 2 nitrogen and oxygen atoms in total. The minimum Gasteiger partial charge on any atom is -0.285 e. The lowest BCUT2D eigenvalue weighted by molar-refractivity contribution is 1.01. The van der Waals surface area contributed by atoms with Crippen LogP contribution in [-0.2, 0) is 0 Å². The van der Waals surface area contributed by atoms with Crippen LogP contribution < -0.4 is 4.80 Å². The highest BCUT2D eigenvalue weighted by molar-refractivity contribution is 7.07. The third kappa shape index (κ3) is 3.32. The molecule has 1 aromatic heterocycles. The first-order valence-corrected chi connectivity index (χ1v) is 9.12. The zero-order chi connectivity index (χ0) is 17.1. The van der Waals surface area contributed by atoms with E-state index in [1.165, 1.54) is 11.1 Å². The fourth-order valence-corrected chi connectivity index (χ4v) is 3.68. The second-order valence-corrected chi connectivity index (χ2v) is 6.72. The molecule has 25 heavy (non-hydrogen) atoms. The van der Waals surface area contributed by atoms with Crippen molar-refractivity contribution in [3.63, 3.8) is 0 Å². The molecule has 0 aliphatic heterocycles. The summed E-state index contributed by atoms with van der Waals surface area (Å²) < 4.78 is 2.22. The van der Waals surface area contributed by atoms with Gasteiger partial charge in [-0.15, -0.1) is 11.3 Å². The smallest absolute Gasteiger partial charge is 0.195 e. The number of aryl methyl sites for hydroxylation is 1. The average Bonchev–Trinajstić information content (AvgIpc) is 3.08. The molecule has 0 N–H and O–H groups in total. The zero-order valence-corrected chi connectivity index (χ0v) is 14.8. The summed E-state index contributed by atoms with van der Waals surface area (Å²) in [6.07, 6.45) is 0. The molecule has 0 radical (unpaired) electrons. The Morgan fingerprint density at radius 1 is 0.760 bits per heavy atom. The van der Waals surface area contributed by atoms with Gasteiger partial charge in [-0.25, -0.2) is 4.99 Å². The Morgan fingerprint density at radius 2 is 1.40 bits per heavy atom. The van der Waals surface area contributed by atoms with Crippen LogP contribution in [0.15, 0.2) is 95.3 Å². The summed E-state index contributed by atoms with van der Waals surface area (Å²) in [6, 6.07) is 29.2. The highest BCUT2D eigenvalue weighted by Crippen LogP contribution is 2.24. The molecule has 0 amide bonds. The number of para-hydroxylation sites is 1. The van der Waals surface area contributed by atoms with Gasteiger partial charge in [-0.2, -0.15) is 0 Å². The maximum atomic E-state index is 4.89. The topological polar surface area (TPSA) is 17.3 Å². The molecule has 3 heteroatoms. The predicted octanol–water partition coefficient (Wildman–Crippen LogP) is 5.75. The van der Waals surface area contributed by atoms with Crippen molar-refractivity contribution < 1.29 is 0 Å². The summed E-state index contributed by atoms with van der Waals surface area (Å²) >= 11 is 1.66. The summed E-state index contributed by atoms with van der Waals surface area (Å²) in [5.41, 5.74) is 5.67. The molecule has 0 spiro atoms. The molecule has 122 valence electrons. The predicted molar refractivity (Wildman–Crippen MR) is 105 cm³/mol.